The highest BCUT2D eigenvalue weighted by atomic mass is 16.2. The van der Waals surface area contributed by atoms with Crippen LogP contribution in [0, 0.1) is 5.92 Å². The lowest BCUT2D eigenvalue weighted by molar-refractivity contribution is -0.123. The first-order valence-electron chi connectivity index (χ1n) is 8.35. The van der Waals surface area contributed by atoms with Crippen LogP contribution in [0.3, 0.4) is 0 Å². The fourth-order valence-electron chi connectivity index (χ4n) is 3.15. The smallest absolute Gasteiger partial charge is 0.254 e. The summed E-state index contributed by atoms with van der Waals surface area (Å²) >= 11 is 0. The molecule has 5 nitrogen and oxygen atoms in total. The highest BCUT2D eigenvalue weighted by molar-refractivity contribution is 6.15. The molecule has 0 atom stereocenters. The normalized spacial score (nSPS) is 15.0. The Kier molecular flexibility index (Phi) is 4.93. The van der Waals surface area contributed by atoms with Crippen LogP contribution in [0.5, 0.6) is 0 Å². The Morgan fingerprint density at radius 2 is 1.40 bits per heavy atom. The molecule has 0 unspecified atom stereocenters. The fraction of sp³-hybridized carbons (Fsp3) is 0.250. The van der Waals surface area contributed by atoms with E-state index in [1.807, 2.05) is 6.07 Å². The van der Waals surface area contributed by atoms with Crippen molar-refractivity contribution >= 4 is 17.6 Å². The zero-order valence-corrected chi connectivity index (χ0v) is 13.9. The first-order chi connectivity index (χ1) is 12.1. The first-order valence-corrected chi connectivity index (χ1v) is 8.35. The van der Waals surface area contributed by atoms with Crippen molar-refractivity contribution in [2.45, 2.75) is 12.8 Å². The van der Waals surface area contributed by atoms with Crippen LogP contribution >= 0.6 is 0 Å². The molecule has 0 radical (unpaired) electrons. The van der Waals surface area contributed by atoms with Crippen LogP contribution in [0.1, 0.15) is 39.1 Å². The van der Waals surface area contributed by atoms with E-state index in [2.05, 4.69) is 0 Å². The minimum absolute atomic E-state index is 0.170. The number of hydrogen-bond donors (Lipinski definition) is 1. The largest absolute Gasteiger partial charge is 0.369 e. The van der Waals surface area contributed by atoms with Crippen LogP contribution in [0.4, 0.5) is 0 Å². The molecule has 1 aliphatic rings. The number of benzene rings is 2. The van der Waals surface area contributed by atoms with E-state index in [0.717, 1.165) is 0 Å². The topological polar surface area (TPSA) is 80.5 Å². The Labute approximate surface area is 146 Å². The van der Waals surface area contributed by atoms with E-state index < -0.39 is 0 Å². The summed E-state index contributed by atoms with van der Waals surface area (Å²) in [5.41, 5.74) is 6.69. The molecule has 2 amide bonds. The first kappa shape index (κ1) is 16.9. The second-order valence-electron chi connectivity index (χ2n) is 6.21. The van der Waals surface area contributed by atoms with Gasteiger partial charge in [0.25, 0.3) is 5.91 Å². The van der Waals surface area contributed by atoms with Crippen molar-refractivity contribution in [2.75, 3.05) is 13.1 Å². The summed E-state index contributed by atoms with van der Waals surface area (Å²) in [7, 11) is 0. The molecule has 0 bridgehead atoms. The third-order valence-electron chi connectivity index (χ3n) is 4.62. The summed E-state index contributed by atoms with van der Waals surface area (Å²) in [4.78, 5) is 38.6. The number of primary amides is 1. The molecule has 128 valence electrons. The maximum atomic E-state index is 12.9. The molecule has 1 aliphatic heterocycles. The van der Waals surface area contributed by atoms with E-state index in [1.54, 1.807) is 53.4 Å². The standard InChI is InChI=1S/C20H20N2O3/c21-19(24)15-10-12-22(13-11-15)20(25)17-9-5-4-8-16(17)18(23)14-6-2-1-3-7-14/h1-9,15H,10-13H2,(H2,21,24). The Balaban J connectivity index is 1.83. The second-order valence-corrected chi connectivity index (χ2v) is 6.21. The summed E-state index contributed by atoms with van der Waals surface area (Å²) in [6.07, 6.45) is 1.13. The number of ketones is 1. The maximum Gasteiger partial charge on any atom is 0.254 e. The molecule has 0 spiro atoms. The lowest BCUT2D eigenvalue weighted by Gasteiger charge is -2.31. The molecule has 2 aromatic carbocycles. The van der Waals surface area contributed by atoms with E-state index >= 15 is 0 Å². The van der Waals surface area contributed by atoms with Gasteiger partial charge in [-0.2, -0.15) is 0 Å². The van der Waals surface area contributed by atoms with Gasteiger partial charge in [-0.1, -0.05) is 48.5 Å². The number of likely N-dealkylation sites (tertiary alicyclic amines) is 1. The lowest BCUT2D eigenvalue weighted by Crippen LogP contribution is -2.42. The number of amides is 2. The summed E-state index contributed by atoms with van der Waals surface area (Å²) < 4.78 is 0. The van der Waals surface area contributed by atoms with E-state index in [-0.39, 0.29) is 23.5 Å². The van der Waals surface area contributed by atoms with Crippen molar-refractivity contribution < 1.29 is 14.4 Å². The van der Waals surface area contributed by atoms with Crippen LogP contribution < -0.4 is 5.73 Å². The number of nitrogens with zero attached hydrogens (tertiary/aromatic N) is 1. The average Bonchev–Trinajstić information content (AvgIpc) is 2.67. The highest BCUT2D eigenvalue weighted by Gasteiger charge is 2.28. The number of nitrogens with two attached hydrogens (primary N) is 1. The van der Waals surface area contributed by atoms with Gasteiger partial charge in [0, 0.05) is 30.1 Å². The monoisotopic (exact) mass is 336 g/mol. The average molecular weight is 336 g/mol. The van der Waals surface area contributed by atoms with Gasteiger partial charge in [-0.25, -0.2) is 0 Å². The van der Waals surface area contributed by atoms with Crippen LogP contribution in [0.25, 0.3) is 0 Å². The Bertz CT molecular complexity index is 794. The van der Waals surface area contributed by atoms with Gasteiger partial charge in [0.05, 0.1) is 5.56 Å². The summed E-state index contributed by atoms with van der Waals surface area (Å²) in [6.45, 7) is 0.945. The molecule has 0 aliphatic carbocycles. The number of carbonyl (C=O) groups is 3. The maximum absolute atomic E-state index is 12.9. The fourth-order valence-corrected chi connectivity index (χ4v) is 3.15. The number of carbonyl (C=O) groups excluding carboxylic acids is 3. The molecule has 25 heavy (non-hydrogen) atoms. The van der Waals surface area contributed by atoms with Gasteiger partial charge in [-0.05, 0) is 18.9 Å². The minimum Gasteiger partial charge on any atom is -0.369 e. The van der Waals surface area contributed by atoms with Gasteiger partial charge >= 0.3 is 0 Å². The van der Waals surface area contributed by atoms with E-state index in [1.165, 1.54) is 0 Å². The third-order valence-corrected chi connectivity index (χ3v) is 4.62. The molecule has 2 N–H and O–H groups in total. The van der Waals surface area contributed by atoms with Crippen LogP contribution in [0.2, 0.25) is 0 Å². The van der Waals surface area contributed by atoms with Crippen molar-refractivity contribution in [1.29, 1.82) is 0 Å². The summed E-state index contributed by atoms with van der Waals surface area (Å²) in [6, 6.07) is 15.8. The molecule has 1 fully saturated rings. The van der Waals surface area contributed by atoms with Gasteiger partial charge < -0.3 is 10.6 Å². The van der Waals surface area contributed by atoms with Gasteiger partial charge in [-0.3, -0.25) is 14.4 Å². The summed E-state index contributed by atoms with van der Waals surface area (Å²) in [5, 5.41) is 0. The van der Waals surface area contributed by atoms with Crippen LogP contribution in [-0.2, 0) is 4.79 Å². The van der Waals surface area contributed by atoms with Crippen molar-refractivity contribution in [2.24, 2.45) is 11.7 Å². The molecule has 3 rings (SSSR count). The van der Waals surface area contributed by atoms with Crippen LogP contribution in [0.15, 0.2) is 54.6 Å². The number of hydrogen-bond acceptors (Lipinski definition) is 3. The zero-order valence-electron chi connectivity index (χ0n) is 13.9. The lowest BCUT2D eigenvalue weighted by atomic mass is 9.94. The van der Waals surface area contributed by atoms with Gasteiger partial charge in [-0.15, -0.1) is 0 Å². The number of rotatable bonds is 4. The molecule has 5 heteroatoms. The Hall–Kier alpha value is -2.95. The molecular weight excluding hydrogens is 316 g/mol. The molecule has 0 aromatic heterocycles. The molecule has 2 aromatic rings. The van der Waals surface area contributed by atoms with Crippen molar-refractivity contribution in [3.05, 3.63) is 71.3 Å². The molecule has 1 saturated heterocycles. The van der Waals surface area contributed by atoms with E-state index in [4.69, 9.17) is 5.73 Å². The Morgan fingerprint density at radius 1 is 0.840 bits per heavy atom. The SMILES string of the molecule is NC(=O)C1CCN(C(=O)c2ccccc2C(=O)c2ccccc2)CC1. The summed E-state index contributed by atoms with van der Waals surface area (Å²) in [5.74, 6) is -0.837. The van der Waals surface area contributed by atoms with Crippen molar-refractivity contribution in [3.8, 4) is 0 Å². The van der Waals surface area contributed by atoms with Crippen molar-refractivity contribution in [3.63, 3.8) is 0 Å². The van der Waals surface area contributed by atoms with Gasteiger partial charge in [0.15, 0.2) is 5.78 Å². The number of piperidine rings is 1. The minimum atomic E-state index is -0.313. The van der Waals surface area contributed by atoms with Gasteiger partial charge in [0.1, 0.15) is 0 Å². The highest BCUT2D eigenvalue weighted by Crippen LogP contribution is 2.21. The van der Waals surface area contributed by atoms with Crippen molar-refractivity contribution in [1.82, 2.24) is 4.90 Å². The predicted octanol–water partition coefficient (Wildman–Crippen LogP) is 2.26. The third kappa shape index (κ3) is 3.60. The Morgan fingerprint density at radius 3 is 2.00 bits per heavy atom. The molecule has 0 saturated carbocycles. The van der Waals surface area contributed by atoms with E-state index in [0.29, 0.717) is 42.6 Å². The predicted molar refractivity (Wildman–Crippen MR) is 94.1 cm³/mol. The van der Waals surface area contributed by atoms with Gasteiger partial charge in [0.2, 0.25) is 5.91 Å². The van der Waals surface area contributed by atoms with E-state index in [9.17, 15) is 14.4 Å². The quantitative estimate of drug-likeness (QED) is 0.870. The molecule has 1 heterocycles. The zero-order chi connectivity index (χ0) is 17.8. The van der Waals surface area contributed by atoms with Crippen LogP contribution in [-0.4, -0.2) is 35.6 Å². The molecular formula is C20H20N2O3. The second kappa shape index (κ2) is 7.30.